The molecule has 0 aromatic heterocycles. The summed E-state index contributed by atoms with van der Waals surface area (Å²) in [6.45, 7) is 6.01. The number of para-hydroxylation sites is 1. The van der Waals surface area contributed by atoms with E-state index in [2.05, 4.69) is 0 Å². The topological polar surface area (TPSA) is 43.1 Å². The van der Waals surface area contributed by atoms with E-state index in [-0.39, 0.29) is 15.5 Å². The number of nitro groups is 1. The predicted molar refractivity (Wildman–Crippen MR) is 63.7 cm³/mol. The largest absolute Gasteiger partial charge is 0.301 e. The lowest BCUT2D eigenvalue weighted by Crippen LogP contribution is -2.07. The van der Waals surface area contributed by atoms with E-state index in [1.165, 1.54) is 17.8 Å². The van der Waals surface area contributed by atoms with Gasteiger partial charge in [0, 0.05) is 4.75 Å². The summed E-state index contributed by atoms with van der Waals surface area (Å²) in [7, 11) is 0. The minimum absolute atomic E-state index is 0.000841. The highest BCUT2D eigenvalue weighted by Crippen LogP contribution is 2.40. The average Bonchev–Trinajstić information content (AvgIpc) is 1.99. The van der Waals surface area contributed by atoms with Gasteiger partial charge in [0.15, 0.2) is 0 Å². The zero-order valence-corrected chi connectivity index (χ0v) is 10.4. The van der Waals surface area contributed by atoms with Crippen LogP contribution in [0.2, 0.25) is 5.02 Å². The van der Waals surface area contributed by atoms with Crippen LogP contribution in [0.4, 0.5) is 5.69 Å². The maximum absolute atomic E-state index is 10.8. The summed E-state index contributed by atoms with van der Waals surface area (Å²) >= 11 is 7.24. The van der Waals surface area contributed by atoms with Gasteiger partial charge in [-0.05, 0) is 12.1 Å². The quantitative estimate of drug-likeness (QED) is 0.447. The van der Waals surface area contributed by atoms with Gasteiger partial charge < -0.3 is 0 Å². The lowest BCUT2D eigenvalue weighted by Gasteiger charge is -2.17. The Morgan fingerprint density at radius 2 is 2.00 bits per heavy atom. The first-order valence-electron chi connectivity index (χ1n) is 4.43. The van der Waals surface area contributed by atoms with E-state index in [1.54, 1.807) is 12.1 Å². The van der Waals surface area contributed by atoms with Gasteiger partial charge in [-0.1, -0.05) is 38.4 Å². The molecule has 0 heterocycles. The van der Waals surface area contributed by atoms with Crippen LogP contribution in [0.15, 0.2) is 23.1 Å². The maximum Gasteiger partial charge on any atom is 0.301 e. The molecule has 0 bridgehead atoms. The van der Waals surface area contributed by atoms with Crippen LogP contribution in [0.5, 0.6) is 0 Å². The molecule has 1 aromatic carbocycles. The molecule has 0 N–H and O–H groups in total. The van der Waals surface area contributed by atoms with Crippen molar-refractivity contribution in [2.45, 2.75) is 30.4 Å². The second-order valence-corrected chi connectivity index (χ2v) is 6.33. The summed E-state index contributed by atoms with van der Waals surface area (Å²) in [6.07, 6.45) is 0. The molecule has 0 spiro atoms. The molecule has 0 fully saturated rings. The Hall–Kier alpha value is -0.740. The molecule has 15 heavy (non-hydrogen) atoms. The number of hydrogen-bond donors (Lipinski definition) is 0. The van der Waals surface area contributed by atoms with Gasteiger partial charge in [-0.15, -0.1) is 11.8 Å². The van der Waals surface area contributed by atoms with E-state index in [0.717, 1.165) is 0 Å². The molecule has 0 unspecified atom stereocenters. The number of benzene rings is 1. The van der Waals surface area contributed by atoms with E-state index in [0.29, 0.717) is 4.90 Å². The summed E-state index contributed by atoms with van der Waals surface area (Å²) in [5.74, 6) is 0. The molecule has 0 aliphatic heterocycles. The Balaban J connectivity index is 3.18. The van der Waals surface area contributed by atoms with Crippen LogP contribution in [0.1, 0.15) is 20.8 Å². The highest BCUT2D eigenvalue weighted by molar-refractivity contribution is 8.00. The van der Waals surface area contributed by atoms with Crippen molar-refractivity contribution in [3.63, 3.8) is 0 Å². The van der Waals surface area contributed by atoms with E-state index in [9.17, 15) is 10.1 Å². The molecule has 82 valence electrons. The number of nitro benzene ring substituents is 1. The van der Waals surface area contributed by atoms with Crippen molar-refractivity contribution in [3.05, 3.63) is 33.3 Å². The molecule has 0 aliphatic carbocycles. The van der Waals surface area contributed by atoms with Crippen molar-refractivity contribution < 1.29 is 4.92 Å². The Morgan fingerprint density at radius 3 is 2.47 bits per heavy atom. The highest BCUT2D eigenvalue weighted by atomic mass is 35.5. The van der Waals surface area contributed by atoms with Crippen LogP contribution in [0.3, 0.4) is 0 Å². The van der Waals surface area contributed by atoms with Gasteiger partial charge in [0.1, 0.15) is 5.02 Å². The Bertz CT molecular complexity index is 387. The molecular weight excluding hydrogens is 234 g/mol. The average molecular weight is 246 g/mol. The molecule has 1 rings (SSSR count). The first-order chi connectivity index (χ1) is 6.81. The molecule has 3 nitrogen and oxygen atoms in total. The third kappa shape index (κ3) is 3.39. The van der Waals surface area contributed by atoms with Crippen molar-refractivity contribution in [2.75, 3.05) is 0 Å². The van der Waals surface area contributed by atoms with Crippen LogP contribution in [0, 0.1) is 10.1 Å². The number of halogens is 1. The monoisotopic (exact) mass is 245 g/mol. The van der Waals surface area contributed by atoms with Crippen molar-refractivity contribution >= 4 is 29.1 Å². The lowest BCUT2D eigenvalue weighted by molar-refractivity contribution is -0.387. The van der Waals surface area contributed by atoms with E-state index in [4.69, 9.17) is 11.6 Å². The summed E-state index contributed by atoms with van der Waals surface area (Å²) < 4.78 is -0.0740. The lowest BCUT2D eigenvalue weighted by atomic mass is 10.3. The number of rotatable bonds is 2. The minimum atomic E-state index is -0.434. The van der Waals surface area contributed by atoms with E-state index in [1.807, 2.05) is 20.8 Å². The van der Waals surface area contributed by atoms with Crippen LogP contribution >= 0.6 is 23.4 Å². The van der Waals surface area contributed by atoms with Gasteiger partial charge in [0.2, 0.25) is 0 Å². The van der Waals surface area contributed by atoms with Gasteiger partial charge >= 0.3 is 5.69 Å². The zero-order valence-electron chi connectivity index (χ0n) is 8.78. The first-order valence-corrected chi connectivity index (χ1v) is 5.62. The SMILES string of the molecule is CC(C)(C)Sc1cccc(Cl)c1[N+](=O)[O-]. The number of thioether (sulfide) groups is 1. The molecule has 1 aromatic rings. The third-order valence-electron chi connectivity index (χ3n) is 1.55. The van der Waals surface area contributed by atoms with Crippen molar-refractivity contribution in [3.8, 4) is 0 Å². The van der Waals surface area contributed by atoms with Gasteiger partial charge in [-0.25, -0.2) is 0 Å². The molecule has 0 amide bonds. The maximum atomic E-state index is 10.8. The van der Waals surface area contributed by atoms with Crippen molar-refractivity contribution in [2.24, 2.45) is 0 Å². The molecule has 0 aliphatic rings. The van der Waals surface area contributed by atoms with Crippen molar-refractivity contribution in [1.82, 2.24) is 0 Å². The number of nitrogens with zero attached hydrogens (tertiary/aromatic N) is 1. The van der Waals surface area contributed by atoms with Gasteiger partial charge in [-0.2, -0.15) is 0 Å². The second kappa shape index (κ2) is 4.41. The van der Waals surface area contributed by atoms with Crippen LogP contribution < -0.4 is 0 Å². The number of hydrogen-bond acceptors (Lipinski definition) is 3. The summed E-state index contributed by atoms with van der Waals surface area (Å²) in [6, 6.07) is 4.98. The molecule has 5 heteroatoms. The summed E-state index contributed by atoms with van der Waals surface area (Å²) in [5.41, 5.74) is -0.000841. The van der Waals surface area contributed by atoms with E-state index >= 15 is 0 Å². The zero-order chi connectivity index (χ0) is 11.6. The van der Waals surface area contributed by atoms with Crippen LogP contribution in [-0.4, -0.2) is 9.67 Å². The fourth-order valence-electron chi connectivity index (χ4n) is 1.08. The van der Waals surface area contributed by atoms with Crippen LogP contribution in [0.25, 0.3) is 0 Å². The Labute approximate surface area is 98.0 Å². The van der Waals surface area contributed by atoms with E-state index < -0.39 is 4.92 Å². The molecular formula is C10H12ClNO2S. The fourth-order valence-corrected chi connectivity index (χ4v) is 2.47. The predicted octanol–water partition coefficient (Wildman–Crippen LogP) is 4.14. The van der Waals surface area contributed by atoms with Crippen molar-refractivity contribution in [1.29, 1.82) is 0 Å². The van der Waals surface area contributed by atoms with Crippen LogP contribution in [-0.2, 0) is 0 Å². The normalized spacial score (nSPS) is 11.5. The fraction of sp³-hybridized carbons (Fsp3) is 0.400. The standard InChI is InChI=1S/C10H12ClNO2S/c1-10(2,3)15-8-6-4-5-7(11)9(8)12(13)14/h4-6H,1-3H3. The highest BCUT2D eigenvalue weighted by Gasteiger charge is 2.23. The first kappa shape index (κ1) is 12.3. The summed E-state index contributed by atoms with van der Waals surface area (Å²) in [5, 5.41) is 11.0. The Kier molecular flexibility index (Phi) is 3.62. The Morgan fingerprint density at radius 1 is 1.40 bits per heavy atom. The smallest absolute Gasteiger partial charge is 0.258 e. The van der Waals surface area contributed by atoms with Gasteiger partial charge in [-0.3, -0.25) is 10.1 Å². The molecule has 0 atom stereocenters. The third-order valence-corrected chi connectivity index (χ3v) is 3.02. The molecule has 0 radical (unpaired) electrons. The molecule has 0 saturated carbocycles. The van der Waals surface area contributed by atoms with Gasteiger partial charge in [0.05, 0.1) is 9.82 Å². The second-order valence-electron chi connectivity index (χ2n) is 4.06. The molecule has 0 saturated heterocycles. The summed E-state index contributed by atoms with van der Waals surface area (Å²) in [4.78, 5) is 11.0. The minimum Gasteiger partial charge on any atom is -0.258 e. The van der Waals surface area contributed by atoms with Gasteiger partial charge in [0.25, 0.3) is 0 Å².